The fourth-order valence-corrected chi connectivity index (χ4v) is 4.31. The summed E-state index contributed by atoms with van der Waals surface area (Å²) in [7, 11) is 1.61. The van der Waals surface area contributed by atoms with Gasteiger partial charge in [-0.3, -0.25) is 9.59 Å². The van der Waals surface area contributed by atoms with Gasteiger partial charge in [-0.2, -0.15) is 0 Å². The first-order valence-corrected chi connectivity index (χ1v) is 9.86. The zero-order chi connectivity index (χ0) is 19.8. The van der Waals surface area contributed by atoms with Crippen molar-refractivity contribution in [1.82, 2.24) is 4.90 Å². The monoisotopic (exact) mass is 378 g/mol. The van der Waals surface area contributed by atoms with Gasteiger partial charge in [0, 0.05) is 30.3 Å². The third kappa shape index (κ3) is 3.26. The van der Waals surface area contributed by atoms with Crippen LogP contribution in [0.2, 0.25) is 0 Å². The Balaban J connectivity index is 1.71. The minimum absolute atomic E-state index is 0.00454. The van der Waals surface area contributed by atoms with E-state index in [2.05, 4.69) is 13.0 Å². The molecule has 2 aromatic carbocycles. The Hall–Kier alpha value is -2.82. The second-order valence-electron chi connectivity index (χ2n) is 7.72. The van der Waals surface area contributed by atoms with Crippen molar-refractivity contribution in [2.45, 2.75) is 51.2 Å². The third-order valence-corrected chi connectivity index (χ3v) is 5.76. The molecule has 0 spiro atoms. The predicted octanol–water partition coefficient (Wildman–Crippen LogP) is 4.19. The molecule has 0 saturated heterocycles. The predicted molar refractivity (Wildman–Crippen MR) is 109 cm³/mol. The maximum Gasteiger partial charge on any atom is 0.258 e. The van der Waals surface area contributed by atoms with Crippen LogP contribution in [-0.2, 0) is 4.79 Å². The largest absolute Gasteiger partial charge is 0.497 e. The lowest BCUT2D eigenvalue weighted by molar-refractivity contribution is -0.132. The highest BCUT2D eigenvalue weighted by molar-refractivity contribution is 6.07. The van der Waals surface area contributed by atoms with Crippen molar-refractivity contribution in [3.63, 3.8) is 0 Å². The van der Waals surface area contributed by atoms with Crippen LogP contribution < -0.4 is 9.64 Å². The van der Waals surface area contributed by atoms with Crippen LogP contribution in [0.1, 0.15) is 55.1 Å². The number of ether oxygens (including phenoxy) is 1. The molecule has 146 valence electrons. The van der Waals surface area contributed by atoms with E-state index in [4.69, 9.17) is 4.74 Å². The Labute approximate surface area is 165 Å². The van der Waals surface area contributed by atoms with Crippen LogP contribution >= 0.6 is 0 Å². The number of benzene rings is 2. The summed E-state index contributed by atoms with van der Waals surface area (Å²) in [4.78, 5) is 29.6. The van der Waals surface area contributed by atoms with E-state index in [0.29, 0.717) is 11.6 Å². The van der Waals surface area contributed by atoms with Crippen LogP contribution in [0.25, 0.3) is 0 Å². The van der Waals surface area contributed by atoms with Crippen LogP contribution in [-0.4, -0.2) is 35.9 Å². The van der Waals surface area contributed by atoms with E-state index in [1.165, 1.54) is 0 Å². The molecule has 5 nitrogen and oxygen atoms in total. The highest BCUT2D eigenvalue weighted by Gasteiger charge is 2.42. The summed E-state index contributed by atoms with van der Waals surface area (Å²) in [6.07, 6.45) is 2.89. The van der Waals surface area contributed by atoms with Gasteiger partial charge in [-0.05, 0) is 62.1 Å². The van der Waals surface area contributed by atoms with Crippen LogP contribution in [0.15, 0.2) is 48.5 Å². The molecule has 5 heteroatoms. The second kappa shape index (κ2) is 7.30. The zero-order valence-electron chi connectivity index (χ0n) is 16.6. The lowest BCUT2D eigenvalue weighted by Gasteiger charge is -2.43. The summed E-state index contributed by atoms with van der Waals surface area (Å²) in [5, 5.41) is 0. The third-order valence-electron chi connectivity index (χ3n) is 5.76. The van der Waals surface area contributed by atoms with Gasteiger partial charge in [0.2, 0.25) is 5.91 Å². The molecule has 0 unspecified atom stereocenters. The average molecular weight is 378 g/mol. The second-order valence-corrected chi connectivity index (χ2v) is 7.72. The highest BCUT2D eigenvalue weighted by Crippen LogP contribution is 2.44. The summed E-state index contributed by atoms with van der Waals surface area (Å²) in [5.74, 6) is 0.816. The minimum Gasteiger partial charge on any atom is -0.497 e. The summed E-state index contributed by atoms with van der Waals surface area (Å²) in [5.41, 5.74) is 2.59. The maximum absolute atomic E-state index is 13.3. The quantitative estimate of drug-likeness (QED) is 0.802. The fourth-order valence-electron chi connectivity index (χ4n) is 4.31. The molecule has 2 aromatic rings. The van der Waals surface area contributed by atoms with E-state index in [-0.39, 0.29) is 23.9 Å². The number of hydrogen-bond donors (Lipinski definition) is 0. The Morgan fingerprint density at radius 3 is 2.36 bits per heavy atom. The number of carbonyl (C=O) groups excluding carboxylic acids is 2. The molecule has 2 aliphatic rings. The minimum atomic E-state index is -0.0261. The summed E-state index contributed by atoms with van der Waals surface area (Å²) < 4.78 is 5.20. The Kier molecular flexibility index (Phi) is 4.84. The van der Waals surface area contributed by atoms with Gasteiger partial charge in [-0.1, -0.05) is 18.2 Å². The number of nitrogens with zero attached hydrogens (tertiary/aromatic N) is 2. The maximum atomic E-state index is 13.3. The van der Waals surface area contributed by atoms with E-state index in [9.17, 15) is 9.59 Å². The summed E-state index contributed by atoms with van der Waals surface area (Å²) in [6.45, 7) is 3.72. The highest BCUT2D eigenvalue weighted by atomic mass is 16.5. The molecule has 0 radical (unpaired) electrons. The van der Waals surface area contributed by atoms with E-state index in [1.54, 1.807) is 38.3 Å². The average Bonchev–Trinajstić information content (AvgIpc) is 3.52. The van der Waals surface area contributed by atoms with Crippen LogP contribution in [0.4, 0.5) is 5.69 Å². The first kappa shape index (κ1) is 18.5. The van der Waals surface area contributed by atoms with Crippen molar-refractivity contribution in [3.05, 3.63) is 59.7 Å². The molecule has 0 aromatic heterocycles. The molecular weight excluding hydrogens is 352 g/mol. The summed E-state index contributed by atoms with van der Waals surface area (Å²) >= 11 is 0. The smallest absolute Gasteiger partial charge is 0.258 e. The number of amides is 2. The van der Waals surface area contributed by atoms with E-state index in [0.717, 1.165) is 36.3 Å². The fraction of sp³-hybridized carbons (Fsp3) is 0.391. The van der Waals surface area contributed by atoms with Crippen molar-refractivity contribution in [2.24, 2.45) is 0 Å². The number of para-hydroxylation sites is 1. The van der Waals surface area contributed by atoms with Crippen molar-refractivity contribution in [3.8, 4) is 5.75 Å². The Bertz CT molecular complexity index is 889. The number of carbonyl (C=O) groups is 2. The molecule has 1 heterocycles. The van der Waals surface area contributed by atoms with Crippen LogP contribution in [0, 0.1) is 0 Å². The van der Waals surface area contributed by atoms with E-state index in [1.807, 2.05) is 28.0 Å². The molecule has 0 bridgehead atoms. The van der Waals surface area contributed by atoms with Crippen molar-refractivity contribution in [1.29, 1.82) is 0 Å². The number of anilines is 1. The molecular formula is C23H26N2O3. The zero-order valence-corrected chi connectivity index (χ0v) is 16.6. The van der Waals surface area contributed by atoms with Crippen molar-refractivity contribution >= 4 is 17.5 Å². The van der Waals surface area contributed by atoms with E-state index >= 15 is 0 Å². The molecule has 1 saturated carbocycles. The number of fused-ring (bicyclic) bond motifs is 1. The standard InChI is InChI=1S/C23H26N2O3/c1-15-14-22(25(16(2)26)18-10-11-18)20-6-4-5-7-21(20)24(15)23(27)17-8-12-19(28-3)13-9-17/h4-9,12-13,15,18,22H,10-11,14H2,1-3H3/t15-,22+/m1/s1. The normalized spacial score (nSPS) is 21.0. The van der Waals surface area contributed by atoms with Gasteiger partial charge in [-0.25, -0.2) is 0 Å². The number of hydrogen-bond acceptors (Lipinski definition) is 3. The SMILES string of the molecule is COc1ccc(C(=O)N2c3ccccc3[C@@H](N(C(C)=O)C3CC3)C[C@H]2C)cc1. The van der Waals surface area contributed by atoms with E-state index < -0.39 is 0 Å². The lowest BCUT2D eigenvalue weighted by atomic mass is 9.89. The molecule has 4 rings (SSSR count). The van der Waals surface area contributed by atoms with Gasteiger partial charge in [0.05, 0.1) is 13.2 Å². The van der Waals surface area contributed by atoms with Gasteiger partial charge >= 0.3 is 0 Å². The molecule has 2 atom stereocenters. The van der Waals surface area contributed by atoms with Gasteiger partial charge in [0.1, 0.15) is 5.75 Å². The lowest BCUT2D eigenvalue weighted by Crippen LogP contribution is -2.47. The number of rotatable bonds is 4. The van der Waals surface area contributed by atoms with Crippen molar-refractivity contribution < 1.29 is 14.3 Å². The van der Waals surface area contributed by atoms with Crippen LogP contribution in [0.3, 0.4) is 0 Å². The molecule has 28 heavy (non-hydrogen) atoms. The van der Waals surface area contributed by atoms with Crippen molar-refractivity contribution in [2.75, 3.05) is 12.0 Å². The number of methoxy groups -OCH3 is 1. The van der Waals surface area contributed by atoms with Gasteiger partial charge in [0.15, 0.2) is 0 Å². The molecule has 2 amide bonds. The molecule has 1 fully saturated rings. The van der Waals surface area contributed by atoms with Gasteiger partial charge in [0.25, 0.3) is 5.91 Å². The topological polar surface area (TPSA) is 49.9 Å². The van der Waals surface area contributed by atoms with Gasteiger partial charge < -0.3 is 14.5 Å². The van der Waals surface area contributed by atoms with Gasteiger partial charge in [-0.15, -0.1) is 0 Å². The molecule has 1 aliphatic heterocycles. The first-order chi connectivity index (χ1) is 13.5. The first-order valence-electron chi connectivity index (χ1n) is 9.86. The molecule has 0 N–H and O–H groups in total. The molecule has 1 aliphatic carbocycles. The van der Waals surface area contributed by atoms with Crippen LogP contribution in [0.5, 0.6) is 5.75 Å². The Morgan fingerprint density at radius 2 is 1.75 bits per heavy atom. The summed E-state index contributed by atoms with van der Waals surface area (Å²) in [6, 6.07) is 15.6. The Morgan fingerprint density at radius 1 is 1.07 bits per heavy atom.